The predicted octanol–water partition coefficient (Wildman–Crippen LogP) is 10.4. The minimum atomic E-state index is 0.118. The number of aromatic nitrogens is 3. The second-order valence-electron chi connectivity index (χ2n) is 11.3. The number of rotatable bonds is 18. The lowest BCUT2D eigenvalue weighted by molar-refractivity contribution is 0.183. The van der Waals surface area contributed by atoms with Gasteiger partial charge < -0.3 is 14.2 Å². The van der Waals surface area contributed by atoms with Crippen LogP contribution in [0.5, 0.6) is 17.2 Å². The van der Waals surface area contributed by atoms with E-state index in [1.54, 1.807) is 7.11 Å². The van der Waals surface area contributed by atoms with E-state index in [1.165, 1.54) is 25.7 Å². The third-order valence-corrected chi connectivity index (χ3v) is 8.18. The third-order valence-electron chi connectivity index (χ3n) is 8.18. The molecule has 0 aliphatic rings. The van der Waals surface area contributed by atoms with Crippen molar-refractivity contribution < 1.29 is 14.2 Å². The van der Waals surface area contributed by atoms with Crippen LogP contribution in [0.15, 0.2) is 72.8 Å². The first-order chi connectivity index (χ1) is 21.6. The second-order valence-corrected chi connectivity index (χ2v) is 11.3. The SMILES string of the molecule is CCCCCC(CC)Oc1ccccc1-c1nnnc(-c2ccccc2OC)c1-c1ccccc1OC(CC)CCCCC. The fourth-order valence-electron chi connectivity index (χ4n) is 5.63. The summed E-state index contributed by atoms with van der Waals surface area (Å²) in [7, 11) is 1.68. The summed E-state index contributed by atoms with van der Waals surface area (Å²) in [5, 5.41) is 13.6. The number of methoxy groups -OCH3 is 1. The van der Waals surface area contributed by atoms with Crippen molar-refractivity contribution in [3.63, 3.8) is 0 Å². The molecule has 0 amide bonds. The van der Waals surface area contributed by atoms with E-state index in [1.807, 2.05) is 54.6 Å². The summed E-state index contributed by atoms with van der Waals surface area (Å²) in [5.74, 6) is 2.33. The molecule has 1 heterocycles. The van der Waals surface area contributed by atoms with Gasteiger partial charge >= 0.3 is 0 Å². The Morgan fingerprint density at radius 3 is 1.45 bits per heavy atom. The van der Waals surface area contributed by atoms with E-state index < -0.39 is 0 Å². The van der Waals surface area contributed by atoms with Crippen LogP contribution in [0.3, 0.4) is 0 Å². The molecule has 6 heteroatoms. The highest BCUT2D eigenvalue weighted by Gasteiger charge is 2.25. The average molecular weight is 596 g/mol. The van der Waals surface area contributed by atoms with Gasteiger partial charge in [-0.25, -0.2) is 0 Å². The van der Waals surface area contributed by atoms with Gasteiger partial charge in [0.15, 0.2) is 0 Å². The van der Waals surface area contributed by atoms with Crippen LogP contribution in [-0.2, 0) is 0 Å². The first-order valence-corrected chi connectivity index (χ1v) is 16.5. The Bertz CT molecular complexity index is 1440. The smallest absolute Gasteiger partial charge is 0.129 e. The van der Waals surface area contributed by atoms with Crippen LogP contribution in [0.2, 0.25) is 0 Å². The molecule has 0 bridgehead atoms. The normalized spacial score (nSPS) is 12.5. The quantitative estimate of drug-likeness (QED) is 0.107. The lowest BCUT2D eigenvalue weighted by Gasteiger charge is -2.23. The minimum Gasteiger partial charge on any atom is -0.496 e. The maximum atomic E-state index is 6.76. The van der Waals surface area contributed by atoms with Gasteiger partial charge in [0, 0.05) is 22.3 Å². The van der Waals surface area contributed by atoms with E-state index >= 15 is 0 Å². The molecule has 0 spiro atoms. The highest BCUT2D eigenvalue weighted by atomic mass is 16.5. The molecular formula is C38H49N3O3. The molecule has 0 fully saturated rings. The zero-order valence-electron chi connectivity index (χ0n) is 27.2. The molecule has 0 saturated heterocycles. The Hall–Kier alpha value is -3.93. The lowest BCUT2D eigenvalue weighted by Crippen LogP contribution is -2.16. The minimum absolute atomic E-state index is 0.118. The number of hydrogen-bond acceptors (Lipinski definition) is 6. The molecule has 234 valence electrons. The van der Waals surface area contributed by atoms with Crippen LogP contribution in [-0.4, -0.2) is 34.7 Å². The molecule has 0 aliphatic carbocycles. The van der Waals surface area contributed by atoms with Gasteiger partial charge in [-0.1, -0.05) is 95.8 Å². The maximum absolute atomic E-state index is 6.76. The van der Waals surface area contributed by atoms with Crippen molar-refractivity contribution >= 4 is 0 Å². The molecule has 4 aromatic rings. The Morgan fingerprint density at radius 1 is 0.545 bits per heavy atom. The highest BCUT2D eigenvalue weighted by Crippen LogP contribution is 2.45. The van der Waals surface area contributed by atoms with E-state index in [0.717, 1.165) is 78.0 Å². The molecule has 0 N–H and O–H groups in total. The molecule has 2 atom stereocenters. The van der Waals surface area contributed by atoms with Crippen molar-refractivity contribution in [3.05, 3.63) is 72.8 Å². The van der Waals surface area contributed by atoms with Gasteiger partial charge in [0.25, 0.3) is 0 Å². The average Bonchev–Trinajstić information content (AvgIpc) is 3.07. The van der Waals surface area contributed by atoms with E-state index in [-0.39, 0.29) is 12.2 Å². The fourth-order valence-corrected chi connectivity index (χ4v) is 5.63. The van der Waals surface area contributed by atoms with Crippen molar-refractivity contribution in [2.24, 2.45) is 0 Å². The summed E-state index contributed by atoms with van der Waals surface area (Å²) in [6, 6.07) is 24.3. The Morgan fingerprint density at radius 2 is 0.977 bits per heavy atom. The van der Waals surface area contributed by atoms with Gasteiger partial charge in [-0.3, -0.25) is 0 Å². The summed E-state index contributed by atoms with van der Waals surface area (Å²) in [6.45, 7) is 8.85. The topological polar surface area (TPSA) is 66.4 Å². The Kier molecular flexibility index (Phi) is 13.0. The first kappa shape index (κ1) is 33.0. The zero-order chi connectivity index (χ0) is 31.1. The molecule has 6 nitrogen and oxygen atoms in total. The number of ether oxygens (including phenoxy) is 3. The van der Waals surface area contributed by atoms with E-state index in [0.29, 0.717) is 11.4 Å². The van der Waals surface area contributed by atoms with Crippen LogP contribution < -0.4 is 14.2 Å². The van der Waals surface area contributed by atoms with Crippen molar-refractivity contribution in [3.8, 4) is 50.9 Å². The summed E-state index contributed by atoms with van der Waals surface area (Å²) < 4.78 is 19.3. The summed E-state index contributed by atoms with van der Waals surface area (Å²) in [6.07, 6.45) is 11.2. The Balaban J connectivity index is 1.89. The van der Waals surface area contributed by atoms with Crippen LogP contribution in [0.25, 0.3) is 33.6 Å². The van der Waals surface area contributed by atoms with Gasteiger partial charge in [-0.05, 0) is 74.1 Å². The monoisotopic (exact) mass is 595 g/mol. The summed E-state index contributed by atoms with van der Waals surface area (Å²) in [5.41, 5.74) is 4.88. The van der Waals surface area contributed by atoms with Crippen LogP contribution in [0, 0.1) is 0 Å². The summed E-state index contributed by atoms with van der Waals surface area (Å²) in [4.78, 5) is 0. The van der Waals surface area contributed by atoms with Gasteiger partial charge in [0.2, 0.25) is 0 Å². The molecular weight excluding hydrogens is 546 g/mol. The molecule has 3 aromatic carbocycles. The van der Waals surface area contributed by atoms with Crippen molar-refractivity contribution in [1.82, 2.24) is 15.4 Å². The largest absolute Gasteiger partial charge is 0.496 e. The predicted molar refractivity (Wildman–Crippen MR) is 180 cm³/mol. The van der Waals surface area contributed by atoms with E-state index in [9.17, 15) is 0 Å². The molecule has 0 aliphatic heterocycles. The molecule has 2 unspecified atom stereocenters. The maximum Gasteiger partial charge on any atom is 0.129 e. The van der Waals surface area contributed by atoms with Gasteiger partial charge in [-0.15, -0.1) is 10.2 Å². The fraction of sp³-hybridized carbons (Fsp3) is 0.447. The number of hydrogen-bond donors (Lipinski definition) is 0. The van der Waals surface area contributed by atoms with Crippen LogP contribution in [0.1, 0.15) is 91.9 Å². The number of benzene rings is 3. The van der Waals surface area contributed by atoms with Gasteiger partial charge in [0.05, 0.1) is 19.3 Å². The van der Waals surface area contributed by atoms with Crippen LogP contribution in [0.4, 0.5) is 0 Å². The first-order valence-electron chi connectivity index (χ1n) is 16.5. The molecule has 0 radical (unpaired) electrons. The van der Waals surface area contributed by atoms with Crippen molar-refractivity contribution in [1.29, 1.82) is 0 Å². The van der Waals surface area contributed by atoms with Crippen molar-refractivity contribution in [2.45, 2.75) is 104 Å². The number of nitrogens with zero attached hydrogens (tertiary/aromatic N) is 3. The van der Waals surface area contributed by atoms with E-state index in [4.69, 9.17) is 19.3 Å². The van der Waals surface area contributed by atoms with Gasteiger partial charge in [0.1, 0.15) is 28.6 Å². The van der Waals surface area contributed by atoms with Crippen molar-refractivity contribution in [2.75, 3.05) is 7.11 Å². The third kappa shape index (κ3) is 8.37. The molecule has 4 rings (SSSR count). The van der Waals surface area contributed by atoms with Gasteiger partial charge in [-0.2, -0.15) is 0 Å². The van der Waals surface area contributed by atoms with E-state index in [2.05, 4.69) is 56.2 Å². The standard InChI is InChI=1S/C38H49N3O3/c1-6-10-12-20-28(8-3)43-34-26-18-14-22-30(34)36-37(31-23-15-17-25-33(31)42-5)39-41-40-38(36)32-24-16-19-27-35(32)44-29(9-4)21-13-11-7-2/h14-19,22-29H,6-13,20-21H2,1-5H3. The lowest BCUT2D eigenvalue weighted by atomic mass is 9.93. The molecule has 0 saturated carbocycles. The number of unbranched alkanes of at least 4 members (excludes halogenated alkanes) is 4. The summed E-state index contributed by atoms with van der Waals surface area (Å²) >= 11 is 0. The molecule has 1 aromatic heterocycles. The highest BCUT2D eigenvalue weighted by molar-refractivity contribution is 5.94. The van der Waals surface area contributed by atoms with Crippen LogP contribution >= 0.6 is 0 Å². The molecule has 44 heavy (non-hydrogen) atoms. The Labute approximate surface area is 264 Å². The second kappa shape index (κ2) is 17.4. The zero-order valence-corrected chi connectivity index (χ0v) is 27.2. The number of para-hydroxylation sites is 3.